The van der Waals surface area contributed by atoms with Crippen molar-refractivity contribution in [3.05, 3.63) is 0 Å². The Labute approximate surface area is 150 Å². The smallest absolute Gasteiger partial charge is 0.394 e. The van der Waals surface area contributed by atoms with E-state index in [0.717, 1.165) is 12.8 Å². The Hall–Kier alpha value is 0.550. The second kappa shape index (κ2) is 17.4. The number of hydrogen-bond acceptors (Lipinski definition) is 5. The van der Waals surface area contributed by atoms with Gasteiger partial charge in [0.15, 0.2) is 0 Å². The monoisotopic (exact) mass is 416 g/mol. The van der Waals surface area contributed by atoms with E-state index in [9.17, 15) is 4.57 Å². The van der Waals surface area contributed by atoms with Gasteiger partial charge in [0.1, 0.15) is 0 Å². The maximum absolute atomic E-state index is 12.2. The van der Waals surface area contributed by atoms with Gasteiger partial charge >= 0.3 is 7.82 Å². The third kappa shape index (κ3) is 15.8. The first kappa shape index (κ1) is 23.5. The van der Waals surface area contributed by atoms with Crippen LogP contribution in [0.2, 0.25) is 0 Å². The molecule has 0 saturated heterocycles. The van der Waals surface area contributed by atoms with Gasteiger partial charge in [-0.1, -0.05) is 80.6 Å². The molecule has 7 heteroatoms. The number of phosphoric acid groups is 1. The lowest BCUT2D eigenvalue weighted by Gasteiger charge is -2.17. The standard InChI is InChI=1S/C16H34BrO5P/c1-2-3-4-5-6-7-8-9-10-11-14-20-23(19,21-15-12-17)22-16-13-18/h18H,2-16H2,1H3. The lowest BCUT2D eigenvalue weighted by molar-refractivity contribution is 0.0986. The zero-order valence-electron chi connectivity index (χ0n) is 14.5. The molecule has 5 nitrogen and oxygen atoms in total. The normalized spacial score (nSPS) is 14.0. The molecular weight excluding hydrogens is 383 g/mol. The Kier molecular flexibility index (Phi) is 17.8. The summed E-state index contributed by atoms with van der Waals surface area (Å²) in [4.78, 5) is 0. The highest BCUT2D eigenvalue weighted by Gasteiger charge is 2.25. The first-order valence-corrected chi connectivity index (χ1v) is 11.5. The van der Waals surface area contributed by atoms with E-state index >= 15 is 0 Å². The van der Waals surface area contributed by atoms with Crippen LogP contribution in [0.3, 0.4) is 0 Å². The molecule has 0 aromatic rings. The summed E-state index contributed by atoms with van der Waals surface area (Å²) in [5.41, 5.74) is 0. The van der Waals surface area contributed by atoms with E-state index in [1.165, 1.54) is 51.4 Å². The van der Waals surface area contributed by atoms with Crippen molar-refractivity contribution in [1.29, 1.82) is 0 Å². The summed E-state index contributed by atoms with van der Waals surface area (Å²) in [6.45, 7) is 2.60. The van der Waals surface area contributed by atoms with Crippen LogP contribution in [0.4, 0.5) is 0 Å². The van der Waals surface area contributed by atoms with E-state index in [0.29, 0.717) is 11.9 Å². The fourth-order valence-electron chi connectivity index (χ4n) is 2.18. The summed E-state index contributed by atoms with van der Waals surface area (Å²) in [6, 6.07) is 0. The molecule has 0 fully saturated rings. The molecule has 0 heterocycles. The molecule has 0 aliphatic heterocycles. The van der Waals surface area contributed by atoms with Crippen molar-refractivity contribution in [3.8, 4) is 0 Å². The summed E-state index contributed by atoms with van der Waals surface area (Å²) in [5.74, 6) is 0. The zero-order chi connectivity index (χ0) is 17.2. The third-order valence-electron chi connectivity index (χ3n) is 3.41. The fourth-order valence-corrected chi connectivity index (χ4v) is 3.79. The van der Waals surface area contributed by atoms with Crippen LogP contribution >= 0.6 is 23.8 Å². The number of rotatable bonds is 18. The first-order valence-electron chi connectivity index (χ1n) is 8.89. The van der Waals surface area contributed by atoms with Gasteiger partial charge in [0.25, 0.3) is 0 Å². The summed E-state index contributed by atoms with van der Waals surface area (Å²) < 4.78 is 27.6. The predicted octanol–water partition coefficient (Wildman–Crippen LogP) is 5.45. The number of unbranched alkanes of at least 4 members (excludes halogenated alkanes) is 9. The van der Waals surface area contributed by atoms with Crippen molar-refractivity contribution in [2.75, 3.05) is 31.8 Å². The van der Waals surface area contributed by atoms with E-state index in [1.807, 2.05) is 0 Å². The Balaban J connectivity index is 3.56. The Morgan fingerprint density at radius 3 is 1.78 bits per heavy atom. The Morgan fingerprint density at radius 1 is 0.783 bits per heavy atom. The van der Waals surface area contributed by atoms with Gasteiger partial charge in [0.05, 0.1) is 26.4 Å². The van der Waals surface area contributed by atoms with Gasteiger partial charge in [0, 0.05) is 5.33 Å². The average molecular weight is 417 g/mol. The van der Waals surface area contributed by atoms with Crippen molar-refractivity contribution in [3.63, 3.8) is 0 Å². The molecule has 0 rings (SSSR count). The van der Waals surface area contributed by atoms with Gasteiger partial charge in [0.2, 0.25) is 0 Å². The molecule has 0 amide bonds. The summed E-state index contributed by atoms with van der Waals surface area (Å²) in [7, 11) is -3.52. The molecule has 1 unspecified atom stereocenters. The topological polar surface area (TPSA) is 65.0 Å². The molecule has 1 N–H and O–H groups in total. The molecule has 0 radical (unpaired) electrons. The number of alkyl halides is 1. The van der Waals surface area contributed by atoms with Crippen LogP contribution in [0.15, 0.2) is 0 Å². The fraction of sp³-hybridized carbons (Fsp3) is 1.00. The van der Waals surface area contributed by atoms with Gasteiger partial charge in [-0.25, -0.2) is 4.57 Å². The molecule has 0 aromatic carbocycles. The molecule has 0 spiro atoms. The largest absolute Gasteiger partial charge is 0.474 e. The molecule has 0 saturated carbocycles. The number of aliphatic hydroxyl groups is 1. The van der Waals surface area contributed by atoms with Crippen LogP contribution in [0.1, 0.15) is 71.1 Å². The van der Waals surface area contributed by atoms with Crippen molar-refractivity contribution < 1.29 is 23.2 Å². The van der Waals surface area contributed by atoms with Crippen molar-refractivity contribution in [2.45, 2.75) is 71.1 Å². The zero-order valence-corrected chi connectivity index (χ0v) is 17.0. The minimum atomic E-state index is -3.52. The second-order valence-corrected chi connectivity index (χ2v) is 8.00. The summed E-state index contributed by atoms with van der Waals surface area (Å²) in [6.07, 6.45) is 12.4. The summed E-state index contributed by atoms with van der Waals surface area (Å²) >= 11 is 3.20. The second-order valence-electron chi connectivity index (χ2n) is 5.54. The van der Waals surface area contributed by atoms with Crippen LogP contribution in [0.5, 0.6) is 0 Å². The van der Waals surface area contributed by atoms with Gasteiger partial charge in [-0.15, -0.1) is 0 Å². The maximum atomic E-state index is 12.2. The lowest BCUT2D eigenvalue weighted by Crippen LogP contribution is -2.06. The van der Waals surface area contributed by atoms with Gasteiger partial charge in [-0.3, -0.25) is 13.6 Å². The Morgan fingerprint density at radius 2 is 1.26 bits per heavy atom. The number of hydrogen-bond donors (Lipinski definition) is 1. The van der Waals surface area contributed by atoms with Crippen molar-refractivity contribution in [2.24, 2.45) is 0 Å². The van der Waals surface area contributed by atoms with Crippen molar-refractivity contribution >= 4 is 23.8 Å². The van der Waals surface area contributed by atoms with Crippen LogP contribution in [0.25, 0.3) is 0 Å². The minimum absolute atomic E-state index is 0.0441. The molecule has 140 valence electrons. The van der Waals surface area contributed by atoms with E-state index in [4.69, 9.17) is 18.7 Å². The quantitative estimate of drug-likeness (QED) is 0.182. The van der Waals surface area contributed by atoms with Crippen LogP contribution in [0, 0.1) is 0 Å². The third-order valence-corrected chi connectivity index (χ3v) is 5.23. The first-order chi connectivity index (χ1) is 11.2. The molecule has 1 atom stereocenters. The van der Waals surface area contributed by atoms with Gasteiger partial charge in [-0.2, -0.15) is 0 Å². The molecule has 0 aromatic heterocycles. The highest BCUT2D eigenvalue weighted by atomic mass is 79.9. The SMILES string of the molecule is CCCCCCCCCCCCOP(=O)(OCCO)OCCBr. The average Bonchev–Trinajstić information content (AvgIpc) is 2.56. The van der Waals surface area contributed by atoms with Gasteiger partial charge < -0.3 is 5.11 Å². The van der Waals surface area contributed by atoms with E-state index in [1.54, 1.807) is 0 Å². The number of halogens is 1. The van der Waals surface area contributed by atoms with E-state index in [2.05, 4.69) is 22.9 Å². The van der Waals surface area contributed by atoms with Crippen LogP contribution in [-0.4, -0.2) is 36.9 Å². The minimum Gasteiger partial charge on any atom is -0.394 e. The maximum Gasteiger partial charge on any atom is 0.474 e. The number of aliphatic hydroxyl groups excluding tert-OH is 1. The van der Waals surface area contributed by atoms with E-state index < -0.39 is 7.82 Å². The number of phosphoric ester groups is 1. The van der Waals surface area contributed by atoms with Gasteiger partial charge in [-0.05, 0) is 6.42 Å². The van der Waals surface area contributed by atoms with Crippen LogP contribution in [-0.2, 0) is 18.1 Å². The molecule has 23 heavy (non-hydrogen) atoms. The molecule has 0 aliphatic carbocycles. The molecule has 0 aliphatic rings. The highest BCUT2D eigenvalue weighted by molar-refractivity contribution is 9.09. The highest BCUT2D eigenvalue weighted by Crippen LogP contribution is 2.49. The summed E-state index contributed by atoms with van der Waals surface area (Å²) in [5, 5.41) is 9.31. The van der Waals surface area contributed by atoms with E-state index in [-0.39, 0.29) is 19.8 Å². The molecule has 0 bridgehead atoms. The molecular formula is C16H34BrO5P. The Bertz CT molecular complexity index is 280. The lowest BCUT2D eigenvalue weighted by atomic mass is 10.1. The van der Waals surface area contributed by atoms with Crippen LogP contribution < -0.4 is 0 Å². The predicted molar refractivity (Wildman–Crippen MR) is 98.2 cm³/mol. The van der Waals surface area contributed by atoms with Crippen molar-refractivity contribution in [1.82, 2.24) is 0 Å².